The molecular weight excluding hydrogens is 251 g/mol. The number of rotatable bonds is 4. The Labute approximate surface area is 91.9 Å². The van der Waals surface area contributed by atoms with Gasteiger partial charge in [0.2, 0.25) is 0 Å². The van der Waals surface area contributed by atoms with E-state index in [0.717, 1.165) is 29.3 Å². The Morgan fingerprint density at radius 1 is 1.38 bits per heavy atom. The quantitative estimate of drug-likeness (QED) is 0.825. The lowest BCUT2D eigenvalue weighted by molar-refractivity contribution is 0.469. The summed E-state index contributed by atoms with van der Waals surface area (Å²) >= 11 is 9.12. The van der Waals surface area contributed by atoms with E-state index in [4.69, 9.17) is 11.6 Å². The summed E-state index contributed by atoms with van der Waals surface area (Å²) in [6.07, 6.45) is 2.02. The standard InChI is InChI=1S/C10H12BrClO/c11-6-2-4-8-3-1-5-10(13)9(8)7-12/h1,3,5,13H,2,4,6-7H2. The highest BCUT2D eigenvalue weighted by atomic mass is 79.9. The summed E-state index contributed by atoms with van der Waals surface area (Å²) in [5, 5.41) is 10.5. The summed E-state index contributed by atoms with van der Waals surface area (Å²) in [5.74, 6) is 0.687. The van der Waals surface area contributed by atoms with E-state index in [-0.39, 0.29) is 0 Å². The minimum absolute atomic E-state index is 0.307. The van der Waals surface area contributed by atoms with E-state index in [2.05, 4.69) is 15.9 Å². The zero-order chi connectivity index (χ0) is 9.68. The molecule has 0 saturated carbocycles. The van der Waals surface area contributed by atoms with Crippen LogP contribution < -0.4 is 0 Å². The number of benzene rings is 1. The van der Waals surface area contributed by atoms with Crippen LogP contribution in [0.5, 0.6) is 5.75 Å². The van der Waals surface area contributed by atoms with Crippen molar-refractivity contribution in [3.05, 3.63) is 29.3 Å². The molecule has 1 aromatic carbocycles. The largest absolute Gasteiger partial charge is 0.508 e. The van der Waals surface area contributed by atoms with E-state index >= 15 is 0 Å². The lowest BCUT2D eigenvalue weighted by Crippen LogP contribution is -1.93. The highest BCUT2D eigenvalue weighted by Crippen LogP contribution is 2.23. The molecule has 3 heteroatoms. The third kappa shape index (κ3) is 2.89. The molecule has 72 valence electrons. The van der Waals surface area contributed by atoms with Gasteiger partial charge in [-0.25, -0.2) is 0 Å². The molecule has 0 aromatic heterocycles. The summed E-state index contributed by atoms with van der Waals surface area (Å²) in [6.45, 7) is 0. The number of halogens is 2. The van der Waals surface area contributed by atoms with Crippen LogP contribution in [0.3, 0.4) is 0 Å². The van der Waals surface area contributed by atoms with Crippen molar-refractivity contribution in [3.8, 4) is 5.75 Å². The Morgan fingerprint density at radius 3 is 2.77 bits per heavy atom. The molecule has 1 nitrogen and oxygen atoms in total. The van der Waals surface area contributed by atoms with Gasteiger partial charge in [0.15, 0.2) is 0 Å². The van der Waals surface area contributed by atoms with Crippen molar-refractivity contribution < 1.29 is 5.11 Å². The van der Waals surface area contributed by atoms with E-state index in [1.54, 1.807) is 6.07 Å². The fourth-order valence-electron chi connectivity index (χ4n) is 1.27. The van der Waals surface area contributed by atoms with Crippen molar-refractivity contribution in [2.45, 2.75) is 18.7 Å². The first-order chi connectivity index (χ1) is 6.29. The van der Waals surface area contributed by atoms with Gasteiger partial charge >= 0.3 is 0 Å². The molecule has 1 rings (SSSR count). The Kier molecular flexibility index (Phi) is 4.60. The molecule has 1 aromatic rings. The Bertz CT molecular complexity index is 276. The first-order valence-electron chi connectivity index (χ1n) is 4.21. The summed E-state index contributed by atoms with van der Waals surface area (Å²) in [7, 11) is 0. The van der Waals surface area contributed by atoms with Gasteiger partial charge in [0, 0.05) is 10.9 Å². The van der Waals surface area contributed by atoms with Crippen LogP contribution >= 0.6 is 27.5 Å². The van der Waals surface area contributed by atoms with Crippen LogP contribution in [-0.4, -0.2) is 10.4 Å². The summed E-state index contributed by atoms with van der Waals surface area (Å²) in [5.41, 5.74) is 2.01. The smallest absolute Gasteiger partial charge is 0.120 e. The maximum atomic E-state index is 9.49. The molecule has 1 N–H and O–H groups in total. The molecule has 0 aliphatic rings. The van der Waals surface area contributed by atoms with Crippen molar-refractivity contribution in [1.29, 1.82) is 0 Å². The number of aryl methyl sites for hydroxylation is 1. The van der Waals surface area contributed by atoms with Crippen LogP contribution in [-0.2, 0) is 12.3 Å². The predicted octanol–water partition coefficient (Wildman–Crippen LogP) is 3.46. The second-order valence-electron chi connectivity index (χ2n) is 2.84. The number of alkyl halides is 2. The van der Waals surface area contributed by atoms with Crippen LogP contribution in [0, 0.1) is 0 Å². The molecule has 0 atom stereocenters. The zero-order valence-corrected chi connectivity index (χ0v) is 9.61. The normalized spacial score (nSPS) is 10.3. The van der Waals surface area contributed by atoms with Gasteiger partial charge in [-0.1, -0.05) is 28.1 Å². The number of aromatic hydroxyl groups is 1. The highest BCUT2D eigenvalue weighted by Gasteiger charge is 2.05. The van der Waals surface area contributed by atoms with Gasteiger partial charge in [-0.3, -0.25) is 0 Å². The average molecular weight is 264 g/mol. The molecule has 0 saturated heterocycles. The number of phenols is 1. The minimum Gasteiger partial charge on any atom is -0.508 e. The monoisotopic (exact) mass is 262 g/mol. The van der Waals surface area contributed by atoms with Gasteiger partial charge in [-0.05, 0) is 24.5 Å². The van der Waals surface area contributed by atoms with Crippen molar-refractivity contribution in [2.24, 2.45) is 0 Å². The maximum Gasteiger partial charge on any atom is 0.120 e. The van der Waals surface area contributed by atoms with Crippen molar-refractivity contribution in [1.82, 2.24) is 0 Å². The molecule has 0 unspecified atom stereocenters. The van der Waals surface area contributed by atoms with Crippen molar-refractivity contribution in [3.63, 3.8) is 0 Å². The SMILES string of the molecule is Oc1cccc(CCCBr)c1CCl. The van der Waals surface area contributed by atoms with Crippen molar-refractivity contribution >= 4 is 27.5 Å². The van der Waals surface area contributed by atoms with Crippen LogP contribution in [0.1, 0.15) is 17.5 Å². The summed E-state index contributed by atoms with van der Waals surface area (Å²) in [4.78, 5) is 0. The number of hydrogen-bond donors (Lipinski definition) is 1. The second-order valence-corrected chi connectivity index (χ2v) is 3.90. The summed E-state index contributed by atoms with van der Waals surface area (Å²) < 4.78 is 0. The molecule has 0 heterocycles. The third-order valence-corrected chi connectivity index (χ3v) is 2.79. The molecule has 0 fully saturated rings. The van der Waals surface area contributed by atoms with Crippen LogP contribution in [0.4, 0.5) is 0 Å². The lowest BCUT2D eigenvalue weighted by Gasteiger charge is -2.07. The van der Waals surface area contributed by atoms with Crippen molar-refractivity contribution in [2.75, 3.05) is 5.33 Å². The molecule has 0 aliphatic carbocycles. The van der Waals surface area contributed by atoms with E-state index in [9.17, 15) is 5.11 Å². The first kappa shape index (κ1) is 10.9. The Hall–Kier alpha value is -0.210. The fraction of sp³-hybridized carbons (Fsp3) is 0.400. The van der Waals surface area contributed by atoms with Gasteiger partial charge < -0.3 is 5.11 Å². The Morgan fingerprint density at radius 2 is 2.15 bits per heavy atom. The molecule has 0 bridgehead atoms. The van der Waals surface area contributed by atoms with Gasteiger partial charge in [0.05, 0.1) is 5.88 Å². The van der Waals surface area contributed by atoms with Crippen LogP contribution in [0.25, 0.3) is 0 Å². The summed E-state index contributed by atoms with van der Waals surface area (Å²) in [6, 6.07) is 5.55. The first-order valence-corrected chi connectivity index (χ1v) is 5.87. The minimum atomic E-state index is 0.307. The molecular formula is C10H12BrClO. The fourth-order valence-corrected chi connectivity index (χ4v) is 1.86. The average Bonchev–Trinajstić information content (AvgIpc) is 2.15. The van der Waals surface area contributed by atoms with Gasteiger partial charge in [0.25, 0.3) is 0 Å². The molecule has 0 spiro atoms. The number of hydrogen-bond acceptors (Lipinski definition) is 1. The van der Waals surface area contributed by atoms with Crippen LogP contribution in [0.15, 0.2) is 18.2 Å². The maximum absolute atomic E-state index is 9.49. The van der Waals surface area contributed by atoms with Crippen LogP contribution in [0.2, 0.25) is 0 Å². The van der Waals surface area contributed by atoms with Gasteiger partial charge in [0.1, 0.15) is 5.75 Å². The molecule has 13 heavy (non-hydrogen) atoms. The third-order valence-electron chi connectivity index (χ3n) is 1.96. The molecule has 0 amide bonds. The highest BCUT2D eigenvalue weighted by molar-refractivity contribution is 9.09. The van der Waals surface area contributed by atoms with E-state index in [0.29, 0.717) is 11.6 Å². The lowest BCUT2D eigenvalue weighted by atomic mass is 10.0. The second kappa shape index (κ2) is 5.51. The topological polar surface area (TPSA) is 20.2 Å². The molecule has 0 aliphatic heterocycles. The Balaban J connectivity index is 2.85. The van der Waals surface area contributed by atoms with E-state index in [1.165, 1.54) is 0 Å². The molecule has 0 radical (unpaired) electrons. The zero-order valence-electron chi connectivity index (χ0n) is 7.26. The van der Waals surface area contributed by atoms with E-state index < -0.39 is 0 Å². The predicted molar refractivity (Wildman–Crippen MR) is 59.8 cm³/mol. The van der Waals surface area contributed by atoms with Gasteiger partial charge in [-0.2, -0.15) is 0 Å². The number of phenolic OH excluding ortho intramolecular Hbond substituents is 1. The van der Waals surface area contributed by atoms with Gasteiger partial charge in [-0.15, -0.1) is 11.6 Å². The van der Waals surface area contributed by atoms with E-state index in [1.807, 2.05) is 12.1 Å².